The van der Waals surface area contributed by atoms with Gasteiger partial charge >= 0.3 is 0 Å². The molecule has 0 bridgehead atoms. The van der Waals surface area contributed by atoms with Gasteiger partial charge in [0.1, 0.15) is 12.0 Å². The van der Waals surface area contributed by atoms with Crippen molar-refractivity contribution < 1.29 is 12.9 Å². The molecule has 90 valence electrons. The molecule has 0 aliphatic rings. The molecule has 2 rings (SSSR count). The van der Waals surface area contributed by atoms with E-state index in [0.717, 1.165) is 10.0 Å². The van der Waals surface area contributed by atoms with Crippen molar-refractivity contribution in [2.24, 2.45) is 0 Å². The molecule has 0 unspecified atom stereocenters. The number of aryl methyl sites for hydroxylation is 1. The molecule has 0 atom stereocenters. The van der Waals surface area contributed by atoms with Crippen LogP contribution in [0.2, 0.25) is 0 Å². The molecule has 0 saturated carbocycles. The Morgan fingerprint density at radius 3 is 2.76 bits per heavy atom. The quantitative estimate of drug-likeness (QED) is 0.944. The summed E-state index contributed by atoms with van der Waals surface area (Å²) in [5.74, 6) is 0. The fraction of sp³-hybridized carbons (Fsp3) is 0.100. The van der Waals surface area contributed by atoms with E-state index >= 15 is 0 Å². The van der Waals surface area contributed by atoms with E-state index in [2.05, 4.69) is 30.3 Å². The zero-order valence-electron chi connectivity index (χ0n) is 8.84. The van der Waals surface area contributed by atoms with E-state index in [1.54, 1.807) is 12.1 Å². The largest absolute Gasteiger partial charge is 0.362 e. The number of anilines is 1. The summed E-state index contributed by atoms with van der Waals surface area (Å²) in [5.41, 5.74) is 1.14. The van der Waals surface area contributed by atoms with Crippen molar-refractivity contribution in [3.8, 4) is 0 Å². The van der Waals surface area contributed by atoms with E-state index < -0.39 is 10.0 Å². The van der Waals surface area contributed by atoms with Gasteiger partial charge in [-0.2, -0.15) is 0 Å². The molecule has 0 aliphatic carbocycles. The standard InChI is InChI=1S/C10H9BrN2O3S/c1-7-4-9(2-3-10(7)11)17(14,15)13-8-5-12-16-6-8/h2-6,13H,1H3. The highest BCUT2D eigenvalue weighted by Gasteiger charge is 2.15. The highest BCUT2D eigenvalue weighted by atomic mass is 79.9. The molecule has 0 fully saturated rings. The molecule has 7 heteroatoms. The van der Waals surface area contributed by atoms with Crippen molar-refractivity contribution in [3.05, 3.63) is 40.7 Å². The summed E-state index contributed by atoms with van der Waals surface area (Å²) in [4.78, 5) is 0.194. The monoisotopic (exact) mass is 316 g/mol. The second kappa shape index (κ2) is 4.50. The molecule has 0 saturated heterocycles. The number of rotatable bonds is 3. The molecular formula is C10H9BrN2O3S. The second-order valence-electron chi connectivity index (χ2n) is 3.43. The Morgan fingerprint density at radius 2 is 2.18 bits per heavy atom. The van der Waals surface area contributed by atoms with Gasteiger partial charge in [0.25, 0.3) is 10.0 Å². The molecule has 0 aliphatic heterocycles. The Kier molecular flexibility index (Phi) is 3.21. The van der Waals surface area contributed by atoms with Crippen molar-refractivity contribution in [2.75, 3.05) is 4.72 Å². The summed E-state index contributed by atoms with van der Waals surface area (Å²) >= 11 is 3.32. The third-order valence-electron chi connectivity index (χ3n) is 2.12. The first-order chi connectivity index (χ1) is 7.99. The molecule has 1 aromatic carbocycles. The zero-order valence-corrected chi connectivity index (χ0v) is 11.2. The Labute approximate surface area is 107 Å². The van der Waals surface area contributed by atoms with Crippen molar-refractivity contribution in [1.82, 2.24) is 5.16 Å². The van der Waals surface area contributed by atoms with Gasteiger partial charge in [0, 0.05) is 4.47 Å². The predicted octanol–water partition coefficient (Wildman–Crippen LogP) is 2.55. The summed E-state index contributed by atoms with van der Waals surface area (Å²) in [6, 6.07) is 4.80. The van der Waals surface area contributed by atoms with Crippen LogP contribution in [-0.2, 0) is 10.0 Å². The molecule has 0 amide bonds. The second-order valence-corrected chi connectivity index (χ2v) is 5.97. The number of hydrogen-bond acceptors (Lipinski definition) is 4. The van der Waals surface area contributed by atoms with Gasteiger partial charge in [0.2, 0.25) is 0 Å². The third kappa shape index (κ3) is 2.67. The molecule has 1 heterocycles. The lowest BCUT2D eigenvalue weighted by atomic mass is 10.2. The van der Waals surface area contributed by atoms with E-state index in [-0.39, 0.29) is 4.90 Å². The Morgan fingerprint density at radius 1 is 1.41 bits per heavy atom. The normalized spacial score (nSPS) is 11.4. The topological polar surface area (TPSA) is 72.2 Å². The van der Waals surface area contributed by atoms with Crippen LogP contribution >= 0.6 is 15.9 Å². The van der Waals surface area contributed by atoms with Gasteiger partial charge in [0.15, 0.2) is 0 Å². The van der Waals surface area contributed by atoms with Gasteiger partial charge in [-0.1, -0.05) is 21.1 Å². The summed E-state index contributed by atoms with van der Waals surface area (Å²) in [6.07, 6.45) is 2.52. The van der Waals surface area contributed by atoms with Crippen molar-refractivity contribution >= 4 is 31.6 Å². The van der Waals surface area contributed by atoms with Crippen LogP contribution in [0.15, 0.2) is 44.6 Å². The van der Waals surface area contributed by atoms with Gasteiger partial charge in [-0.15, -0.1) is 0 Å². The van der Waals surface area contributed by atoms with E-state index in [1.807, 2.05) is 6.92 Å². The van der Waals surface area contributed by atoms with Crippen LogP contribution in [0, 0.1) is 6.92 Å². The van der Waals surface area contributed by atoms with E-state index in [1.165, 1.54) is 18.5 Å². The van der Waals surface area contributed by atoms with Crippen molar-refractivity contribution in [3.63, 3.8) is 0 Å². The summed E-state index contributed by atoms with van der Waals surface area (Å²) in [6.45, 7) is 1.82. The number of sulfonamides is 1. The summed E-state index contributed by atoms with van der Waals surface area (Å²) < 4.78 is 31.7. The molecule has 0 radical (unpaired) electrons. The fourth-order valence-electron chi connectivity index (χ4n) is 1.25. The van der Waals surface area contributed by atoms with Crippen molar-refractivity contribution in [2.45, 2.75) is 11.8 Å². The van der Waals surface area contributed by atoms with Crippen LogP contribution in [0.25, 0.3) is 0 Å². The lowest BCUT2D eigenvalue weighted by Crippen LogP contribution is -2.12. The molecule has 1 aromatic heterocycles. The van der Waals surface area contributed by atoms with Gasteiger partial charge in [-0.25, -0.2) is 8.42 Å². The highest BCUT2D eigenvalue weighted by molar-refractivity contribution is 9.10. The van der Waals surface area contributed by atoms with Gasteiger partial charge in [0.05, 0.1) is 11.1 Å². The zero-order chi connectivity index (χ0) is 12.5. The van der Waals surface area contributed by atoms with Gasteiger partial charge in [-0.05, 0) is 30.7 Å². The van der Waals surface area contributed by atoms with Crippen LogP contribution in [0.4, 0.5) is 5.69 Å². The number of aromatic nitrogens is 1. The smallest absolute Gasteiger partial charge is 0.262 e. The maximum atomic E-state index is 12.0. The SMILES string of the molecule is Cc1cc(S(=O)(=O)Nc2cnoc2)ccc1Br. The van der Waals surface area contributed by atoms with Crippen LogP contribution in [0.1, 0.15) is 5.56 Å². The summed E-state index contributed by atoms with van der Waals surface area (Å²) in [7, 11) is -3.59. The van der Waals surface area contributed by atoms with E-state index in [9.17, 15) is 8.42 Å². The maximum Gasteiger partial charge on any atom is 0.262 e. The van der Waals surface area contributed by atoms with Crippen LogP contribution < -0.4 is 4.72 Å². The molecule has 17 heavy (non-hydrogen) atoms. The van der Waals surface area contributed by atoms with Crippen molar-refractivity contribution in [1.29, 1.82) is 0 Å². The Balaban J connectivity index is 2.35. The minimum Gasteiger partial charge on any atom is -0.362 e. The van der Waals surface area contributed by atoms with E-state index in [4.69, 9.17) is 0 Å². The Bertz CT molecular complexity index is 623. The highest BCUT2D eigenvalue weighted by Crippen LogP contribution is 2.21. The number of benzene rings is 1. The first kappa shape index (κ1) is 12.1. The average Bonchev–Trinajstić information content (AvgIpc) is 2.73. The fourth-order valence-corrected chi connectivity index (χ4v) is 2.61. The average molecular weight is 317 g/mol. The maximum absolute atomic E-state index is 12.0. The minimum absolute atomic E-state index is 0.194. The molecular weight excluding hydrogens is 308 g/mol. The molecule has 0 spiro atoms. The van der Waals surface area contributed by atoms with E-state index in [0.29, 0.717) is 5.69 Å². The minimum atomic E-state index is -3.59. The van der Waals surface area contributed by atoms with Crippen LogP contribution in [0.5, 0.6) is 0 Å². The first-order valence-corrected chi connectivity index (χ1v) is 6.95. The number of hydrogen-bond donors (Lipinski definition) is 1. The lowest BCUT2D eigenvalue weighted by Gasteiger charge is -2.06. The first-order valence-electron chi connectivity index (χ1n) is 4.67. The third-order valence-corrected chi connectivity index (χ3v) is 4.39. The molecule has 1 N–H and O–H groups in total. The number of nitrogens with one attached hydrogen (secondary N) is 1. The summed E-state index contributed by atoms with van der Waals surface area (Å²) in [5, 5.41) is 3.42. The Hall–Kier alpha value is -1.34. The molecule has 2 aromatic rings. The number of halogens is 1. The van der Waals surface area contributed by atoms with Gasteiger partial charge in [-0.3, -0.25) is 4.72 Å². The molecule has 5 nitrogen and oxygen atoms in total. The number of nitrogens with zero attached hydrogens (tertiary/aromatic N) is 1. The predicted molar refractivity (Wildman–Crippen MR) is 66.2 cm³/mol. The van der Waals surface area contributed by atoms with Crippen LogP contribution in [-0.4, -0.2) is 13.6 Å². The van der Waals surface area contributed by atoms with Gasteiger partial charge < -0.3 is 4.52 Å². The lowest BCUT2D eigenvalue weighted by molar-refractivity contribution is 0.420. The van der Waals surface area contributed by atoms with Crippen LogP contribution in [0.3, 0.4) is 0 Å².